The van der Waals surface area contributed by atoms with E-state index in [0.29, 0.717) is 17.2 Å². The fourth-order valence-corrected chi connectivity index (χ4v) is 2.12. The van der Waals surface area contributed by atoms with Crippen LogP contribution in [-0.4, -0.2) is 17.8 Å². The Labute approximate surface area is 111 Å². The Morgan fingerprint density at radius 1 is 1.44 bits per heavy atom. The van der Waals surface area contributed by atoms with Crippen molar-refractivity contribution >= 4 is 19.9 Å². The molecule has 0 amide bonds. The highest BCUT2D eigenvalue weighted by molar-refractivity contribution is 7.32. The van der Waals surface area contributed by atoms with Gasteiger partial charge in [-0.1, -0.05) is 28.3 Å². The van der Waals surface area contributed by atoms with Crippen LogP contribution in [0.1, 0.15) is 24.7 Å². The fourth-order valence-electron chi connectivity index (χ4n) is 1.66. The monoisotopic (exact) mass is 291 g/mol. The Hall–Kier alpha value is -0.550. The smallest absolute Gasteiger partial charge is 0.353 e. The highest BCUT2D eigenvalue weighted by Gasteiger charge is 2.30. The number of ether oxygens (including phenoxy) is 2. The summed E-state index contributed by atoms with van der Waals surface area (Å²) >= 11 is 5.78. The molecule has 3 unspecified atom stereocenters. The summed E-state index contributed by atoms with van der Waals surface area (Å²) in [6.45, 7) is 0.628. The minimum absolute atomic E-state index is 0.402. The van der Waals surface area contributed by atoms with Crippen LogP contribution in [0.2, 0.25) is 5.02 Å². The first-order valence-corrected chi connectivity index (χ1v) is 7.01. The van der Waals surface area contributed by atoms with E-state index in [1.54, 1.807) is 24.3 Å². The van der Waals surface area contributed by atoms with Gasteiger partial charge >= 0.3 is 8.25 Å². The van der Waals surface area contributed by atoms with Crippen LogP contribution < -0.4 is 0 Å². The average molecular weight is 292 g/mol. The minimum atomic E-state index is -2.75. The van der Waals surface area contributed by atoms with Gasteiger partial charge in [0.2, 0.25) is 6.29 Å². The van der Waals surface area contributed by atoms with Gasteiger partial charge in [-0.05, 0) is 18.6 Å². The predicted octanol–water partition coefficient (Wildman–Crippen LogP) is 3.16. The van der Waals surface area contributed by atoms with Gasteiger partial charge in [-0.15, -0.1) is 4.89 Å². The Morgan fingerprint density at radius 2 is 2.17 bits per heavy atom. The molecule has 0 saturated carbocycles. The fraction of sp³-hybridized carbons (Fsp3) is 0.455. The summed E-state index contributed by atoms with van der Waals surface area (Å²) < 4.78 is 26.5. The number of rotatable bonds is 5. The van der Waals surface area contributed by atoms with E-state index in [2.05, 4.69) is 0 Å². The first-order chi connectivity index (χ1) is 8.65. The van der Waals surface area contributed by atoms with Crippen molar-refractivity contribution in [3.05, 3.63) is 34.9 Å². The van der Waals surface area contributed by atoms with Crippen LogP contribution in [0.25, 0.3) is 0 Å². The maximum absolute atomic E-state index is 10.8. The van der Waals surface area contributed by atoms with Crippen molar-refractivity contribution < 1.29 is 23.5 Å². The van der Waals surface area contributed by atoms with Gasteiger partial charge in [0.15, 0.2) is 6.29 Å². The number of benzene rings is 1. The third-order valence-electron chi connectivity index (χ3n) is 2.49. The number of hydrogen-bond acceptors (Lipinski definition) is 4. The molecule has 0 aliphatic carbocycles. The molecule has 1 N–H and O–H groups in total. The van der Waals surface area contributed by atoms with Crippen molar-refractivity contribution in [3.63, 3.8) is 0 Å². The maximum atomic E-state index is 10.8. The molecule has 0 radical (unpaired) electrons. The van der Waals surface area contributed by atoms with E-state index in [9.17, 15) is 4.57 Å². The van der Waals surface area contributed by atoms with Crippen molar-refractivity contribution in [2.75, 3.05) is 6.61 Å². The zero-order valence-electron chi connectivity index (χ0n) is 9.49. The molecule has 1 heterocycles. The van der Waals surface area contributed by atoms with Crippen LogP contribution in [0, 0.1) is 0 Å². The van der Waals surface area contributed by atoms with E-state index in [4.69, 9.17) is 30.5 Å². The second-order valence-electron chi connectivity index (χ2n) is 3.81. The maximum Gasteiger partial charge on any atom is 0.697 e. The Morgan fingerprint density at radius 3 is 2.72 bits per heavy atom. The lowest BCUT2D eigenvalue weighted by atomic mass is 10.2. The van der Waals surface area contributed by atoms with Crippen LogP contribution in [0.3, 0.4) is 0 Å². The SMILES string of the molecule is O=[P+](O)OC(OC1CCCO1)c1ccc(Cl)cc1. The molecular weight excluding hydrogens is 279 g/mol. The number of halogens is 1. The van der Waals surface area contributed by atoms with Crippen LogP contribution in [-0.2, 0) is 18.6 Å². The number of hydrogen-bond donors (Lipinski definition) is 1. The van der Waals surface area contributed by atoms with Crippen molar-refractivity contribution in [1.29, 1.82) is 0 Å². The molecule has 1 fully saturated rings. The van der Waals surface area contributed by atoms with Crippen molar-refractivity contribution in [2.24, 2.45) is 0 Å². The normalized spacial score (nSPS) is 21.9. The lowest BCUT2D eigenvalue weighted by Gasteiger charge is -2.16. The second-order valence-corrected chi connectivity index (χ2v) is 4.93. The molecule has 1 aliphatic rings. The molecule has 1 aromatic rings. The van der Waals surface area contributed by atoms with Crippen molar-refractivity contribution in [3.8, 4) is 0 Å². The quantitative estimate of drug-likeness (QED) is 0.667. The molecule has 7 heteroatoms. The van der Waals surface area contributed by atoms with E-state index in [1.807, 2.05) is 0 Å². The van der Waals surface area contributed by atoms with Gasteiger partial charge in [0.05, 0.1) is 0 Å². The molecule has 1 saturated heterocycles. The minimum Gasteiger partial charge on any atom is -0.353 e. The van der Waals surface area contributed by atoms with E-state index < -0.39 is 20.8 Å². The van der Waals surface area contributed by atoms with Gasteiger partial charge < -0.3 is 9.47 Å². The van der Waals surface area contributed by atoms with E-state index >= 15 is 0 Å². The average Bonchev–Trinajstić information content (AvgIpc) is 2.81. The lowest BCUT2D eigenvalue weighted by molar-refractivity contribution is -0.204. The summed E-state index contributed by atoms with van der Waals surface area (Å²) in [7, 11) is -2.75. The van der Waals surface area contributed by atoms with Crippen molar-refractivity contribution in [2.45, 2.75) is 25.4 Å². The molecule has 3 atom stereocenters. The van der Waals surface area contributed by atoms with Gasteiger partial charge in [-0.3, -0.25) is 0 Å². The van der Waals surface area contributed by atoms with Crippen LogP contribution in [0.4, 0.5) is 0 Å². The Bertz CT molecular complexity index is 404. The predicted molar refractivity (Wildman–Crippen MR) is 65.2 cm³/mol. The first-order valence-electron chi connectivity index (χ1n) is 5.50. The van der Waals surface area contributed by atoms with E-state index in [0.717, 1.165) is 12.8 Å². The zero-order chi connectivity index (χ0) is 13.0. The largest absolute Gasteiger partial charge is 0.697 e. The summed E-state index contributed by atoms with van der Waals surface area (Å²) in [5.74, 6) is 0. The molecule has 1 aromatic carbocycles. The molecular formula is C11H13ClO5P+. The van der Waals surface area contributed by atoms with E-state index in [1.165, 1.54) is 0 Å². The highest BCUT2D eigenvalue weighted by Crippen LogP contribution is 2.33. The van der Waals surface area contributed by atoms with Gasteiger partial charge in [0.25, 0.3) is 0 Å². The molecule has 98 valence electrons. The summed E-state index contributed by atoms with van der Waals surface area (Å²) in [6.07, 6.45) is 0.318. The third-order valence-corrected chi connectivity index (χ3v) is 3.12. The molecule has 1 aliphatic heterocycles. The van der Waals surface area contributed by atoms with Gasteiger partial charge in [-0.2, -0.15) is 0 Å². The first kappa shape index (κ1) is 13.9. The Kier molecular flexibility index (Phi) is 5.06. The summed E-state index contributed by atoms with van der Waals surface area (Å²) in [5, 5.41) is 0.572. The van der Waals surface area contributed by atoms with Crippen LogP contribution in [0.15, 0.2) is 24.3 Å². The van der Waals surface area contributed by atoms with Crippen molar-refractivity contribution in [1.82, 2.24) is 0 Å². The van der Waals surface area contributed by atoms with Crippen LogP contribution >= 0.6 is 19.9 Å². The summed E-state index contributed by atoms with van der Waals surface area (Å²) in [4.78, 5) is 8.85. The van der Waals surface area contributed by atoms with Crippen LogP contribution in [0.5, 0.6) is 0 Å². The topological polar surface area (TPSA) is 65.0 Å². The molecule has 5 nitrogen and oxygen atoms in total. The molecule has 0 spiro atoms. The molecule has 2 rings (SSSR count). The summed E-state index contributed by atoms with van der Waals surface area (Å²) in [5.41, 5.74) is 0.618. The Balaban J connectivity index is 2.07. The third kappa shape index (κ3) is 3.99. The van der Waals surface area contributed by atoms with Gasteiger partial charge in [0, 0.05) is 28.2 Å². The van der Waals surface area contributed by atoms with Gasteiger partial charge in [0.1, 0.15) is 0 Å². The molecule has 0 bridgehead atoms. The lowest BCUT2D eigenvalue weighted by Crippen LogP contribution is -2.16. The van der Waals surface area contributed by atoms with Gasteiger partial charge in [-0.25, -0.2) is 0 Å². The zero-order valence-corrected chi connectivity index (χ0v) is 11.1. The highest BCUT2D eigenvalue weighted by atomic mass is 35.5. The van der Waals surface area contributed by atoms with E-state index in [-0.39, 0.29) is 0 Å². The standard InChI is InChI=1S/C11H12ClO5P/c12-9-5-3-8(4-6-9)11(17-18(13)14)16-10-2-1-7-15-10/h3-6,10-11H,1-2,7H2/p+1. The second kappa shape index (κ2) is 6.57. The molecule has 18 heavy (non-hydrogen) atoms. The molecule has 0 aromatic heterocycles. The summed E-state index contributed by atoms with van der Waals surface area (Å²) in [6, 6.07) is 6.69.